The van der Waals surface area contributed by atoms with Crippen molar-refractivity contribution in [2.24, 2.45) is 0 Å². The van der Waals surface area contributed by atoms with E-state index in [1.165, 1.54) is 6.07 Å². The van der Waals surface area contributed by atoms with Gasteiger partial charge >= 0.3 is 7.69 Å². The molecule has 0 saturated carbocycles. The van der Waals surface area contributed by atoms with Gasteiger partial charge < -0.3 is 9.68 Å². The Labute approximate surface area is 82.7 Å². The molecule has 6 heteroatoms. The first-order chi connectivity index (χ1) is 5.65. The molecule has 0 fully saturated rings. The Balaban J connectivity index is 3.05. The maximum atomic E-state index is 12.9. The molecule has 0 amide bonds. The number of rotatable bonds is 2. The molecule has 2 nitrogen and oxygen atoms in total. The van der Waals surface area contributed by atoms with Crippen LogP contribution >= 0.6 is 27.5 Å². The molecule has 0 aromatic heterocycles. The van der Waals surface area contributed by atoms with E-state index in [-0.39, 0.29) is 10.8 Å². The van der Waals surface area contributed by atoms with Crippen molar-refractivity contribution in [2.45, 2.75) is 0 Å². The van der Waals surface area contributed by atoms with Crippen molar-refractivity contribution in [3.05, 3.63) is 27.4 Å². The van der Waals surface area contributed by atoms with Crippen LogP contribution in [0.25, 0.3) is 0 Å². The molecule has 0 aliphatic rings. The SMILES string of the molecule is OBOc1cc(Br)c(Cl)cc1F. The van der Waals surface area contributed by atoms with E-state index in [0.29, 0.717) is 4.47 Å². The standard InChI is InChI=1S/C6H4BBrClFO2/c8-3-1-6(12-7-11)5(10)2-4(3)9/h1-2,7,11H. The van der Waals surface area contributed by atoms with Gasteiger partial charge in [0.25, 0.3) is 0 Å². The van der Waals surface area contributed by atoms with Crippen molar-refractivity contribution in [1.82, 2.24) is 0 Å². The molecule has 0 bridgehead atoms. The zero-order valence-corrected chi connectivity index (χ0v) is 8.19. The van der Waals surface area contributed by atoms with Crippen LogP contribution in [0.4, 0.5) is 4.39 Å². The number of benzene rings is 1. The lowest BCUT2D eigenvalue weighted by Gasteiger charge is -2.04. The van der Waals surface area contributed by atoms with Gasteiger partial charge in [0.2, 0.25) is 0 Å². The average Bonchev–Trinajstić information content (AvgIpc) is 2.01. The predicted octanol–water partition coefficient (Wildman–Crippen LogP) is 1.88. The van der Waals surface area contributed by atoms with Crippen molar-refractivity contribution < 1.29 is 14.1 Å². The van der Waals surface area contributed by atoms with E-state index in [1.54, 1.807) is 0 Å². The monoisotopic (exact) mass is 252 g/mol. The minimum atomic E-state index is -0.600. The highest BCUT2D eigenvalue weighted by atomic mass is 79.9. The normalized spacial score (nSPS) is 9.67. The van der Waals surface area contributed by atoms with Gasteiger partial charge in [0.05, 0.1) is 5.02 Å². The second-order valence-electron chi connectivity index (χ2n) is 1.97. The Bertz CT molecular complexity index is 297. The van der Waals surface area contributed by atoms with Crippen LogP contribution in [-0.2, 0) is 0 Å². The minimum absolute atomic E-state index is 0.0335. The highest BCUT2D eigenvalue weighted by molar-refractivity contribution is 9.10. The van der Waals surface area contributed by atoms with Crippen LogP contribution in [0.5, 0.6) is 5.75 Å². The van der Waals surface area contributed by atoms with Gasteiger partial charge in [-0.3, -0.25) is 0 Å². The van der Waals surface area contributed by atoms with Gasteiger partial charge in [0.1, 0.15) is 5.75 Å². The van der Waals surface area contributed by atoms with E-state index in [1.807, 2.05) is 0 Å². The van der Waals surface area contributed by atoms with Gasteiger partial charge in [0.15, 0.2) is 5.82 Å². The first-order valence-corrected chi connectivity index (χ1v) is 4.20. The van der Waals surface area contributed by atoms with Crippen LogP contribution in [0.15, 0.2) is 16.6 Å². The highest BCUT2D eigenvalue weighted by Gasteiger charge is 2.07. The van der Waals surface area contributed by atoms with Gasteiger partial charge in [-0.2, -0.15) is 0 Å². The van der Waals surface area contributed by atoms with Crippen molar-refractivity contribution in [3.63, 3.8) is 0 Å². The first kappa shape index (κ1) is 9.83. The van der Waals surface area contributed by atoms with Crippen LogP contribution < -0.4 is 4.65 Å². The molecular weight excluding hydrogens is 249 g/mol. The van der Waals surface area contributed by atoms with Gasteiger partial charge in [-0.25, -0.2) is 4.39 Å². The summed E-state index contributed by atoms with van der Waals surface area (Å²) in [5.74, 6) is -0.633. The van der Waals surface area contributed by atoms with Gasteiger partial charge in [-0.1, -0.05) is 11.6 Å². The summed E-state index contributed by atoms with van der Waals surface area (Å²) in [6, 6.07) is 2.46. The zero-order valence-electron chi connectivity index (χ0n) is 5.85. The molecule has 0 heterocycles. The molecule has 1 aromatic carbocycles. The summed E-state index contributed by atoms with van der Waals surface area (Å²) in [6.07, 6.45) is 0. The maximum Gasteiger partial charge on any atom is 0.504 e. The summed E-state index contributed by atoms with van der Waals surface area (Å²) in [6.45, 7) is 0. The molecule has 64 valence electrons. The smallest absolute Gasteiger partial charge is 0.504 e. The molecule has 0 saturated heterocycles. The Morgan fingerprint density at radius 1 is 1.58 bits per heavy atom. The molecule has 0 aliphatic carbocycles. The summed E-state index contributed by atoms with van der Waals surface area (Å²) in [4.78, 5) is 0. The molecule has 1 aromatic rings. The predicted molar refractivity (Wildman–Crippen MR) is 49.1 cm³/mol. The summed E-state index contributed by atoms with van der Waals surface area (Å²) in [5.41, 5.74) is 0. The van der Waals surface area contributed by atoms with Crippen molar-refractivity contribution in [2.75, 3.05) is 0 Å². The fraction of sp³-hybridized carbons (Fsp3) is 0. The van der Waals surface area contributed by atoms with E-state index in [0.717, 1.165) is 6.07 Å². The number of hydrogen-bond donors (Lipinski definition) is 1. The molecule has 0 radical (unpaired) electrons. The molecule has 0 unspecified atom stereocenters. The van der Waals surface area contributed by atoms with E-state index in [2.05, 4.69) is 20.6 Å². The molecular formula is C6H4BBrClFO2. The quantitative estimate of drug-likeness (QED) is 0.644. The van der Waals surface area contributed by atoms with E-state index in [9.17, 15) is 4.39 Å². The van der Waals surface area contributed by atoms with Gasteiger partial charge in [-0.05, 0) is 28.1 Å². The molecule has 0 atom stereocenters. The van der Waals surface area contributed by atoms with Crippen LogP contribution in [0.2, 0.25) is 5.02 Å². The fourth-order valence-corrected chi connectivity index (χ4v) is 1.16. The molecule has 1 rings (SSSR count). The Morgan fingerprint density at radius 2 is 2.25 bits per heavy atom. The van der Waals surface area contributed by atoms with Crippen molar-refractivity contribution >= 4 is 35.2 Å². The Hall–Kier alpha value is -0.255. The fourth-order valence-electron chi connectivity index (χ4n) is 0.684. The Morgan fingerprint density at radius 3 is 2.83 bits per heavy atom. The zero-order chi connectivity index (χ0) is 9.14. The topological polar surface area (TPSA) is 29.5 Å². The van der Waals surface area contributed by atoms with E-state index in [4.69, 9.17) is 16.6 Å². The van der Waals surface area contributed by atoms with Gasteiger partial charge in [0, 0.05) is 4.47 Å². The Kier molecular flexibility index (Phi) is 3.37. The van der Waals surface area contributed by atoms with Crippen LogP contribution in [0.1, 0.15) is 0 Å². The van der Waals surface area contributed by atoms with E-state index >= 15 is 0 Å². The molecule has 0 spiro atoms. The highest BCUT2D eigenvalue weighted by Crippen LogP contribution is 2.29. The number of halogens is 3. The van der Waals surface area contributed by atoms with Crippen molar-refractivity contribution in [1.29, 1.82) is 0 Å². The second kappa shape index (κ2) is 4.12. The largest absolute Gasteiger partial charge is 0.537 e. The van der Waals surface area contributed by atoms with Crippen LogP contribution in [-0.4, -0.2) is 12.7 Å². The lowest BCUT2D eigenvalue weighted by molar-refractivity contribution is 0.431. The van der Waals surface area contributed by atoms with Crippen molar-refractivity contribution in [3.8, 4) is 5.75 Å². The average molecular weight is 253 g/mol. The second-order valence-corrected chi connectivity index (χ2v) is 3.23. The summed E-state index contributed by atoms with van der Waals surface area (Å²) >= 11 is 8.67. The first-order valence-electron chi connectivity index (χ1n) is 3.03. The summed E-state index contributed by atoms with van der Waals surface area (Å²) < 4.78 is 18.0. The summed E-state index contributed by atoms with van der Waals surface area (Å²) in [7, 11) is -0.564. The third-order valence-electron chi connectivity index (χ3n) is 1.19. The lowest BCUT2D eigenvalue weighted by atomic mass is 10.3. The number of hydrogen-bond acceptors (Lipinski definition) is 2. The van der Waals surface area contributed by atoms with Gasteiger partial charge in [-0.15, -0.1) is 0 Å². The molecule has 12 heavy (non-hydrogen) atoms. The molecule has 0 aliphatic heterocycles. The lowest BCUT2D eigenvalue weighted by Crippen LogP contribution is -2.01. The van der Waals surface area contributed by atoms with E-state index < -0.39 is 13.5 Å². The third-order valence-corrected chi connectivity index (χ3v) is 2.39. The maximum absolute atomic E-state index is 12.9. The molecule has 1 N–H and O–H groups in total. The van der Waals surface area contributed by atoms with Crippen LogP contribution in [0.3, 0.4) is 0 Å². The third kappa shape index (κ3) is 2.12. The minimum Gasteiger partial charge on any atom is -0.537 e. The summed E-state index contributed by atoms with van der Waals surface area (Å²) in [5, 5.41) is 8.63. The van der Waals surface area contributed by atoms with Crippen LogP contribution in [0, 0.1) is 5.82 Å².